The number of aliphatic hydroxyl groups is 1. The highest BCUT2D eigenvalue weighted by atomic mass is 19.4. The number of alkyl halides is 3. The predicted octanol–water partition coefficient (Wildman–Crippen LogP) is 9.44. The van der Waals surface area contributed by atoms with E-state index in [4.69, 9.17) is 14.2 Å². The van der Waals surface area contributed by atoms with E-state index in [0.29, 0.717) is 30.4 Å². The molecule has 10 heteroatoms. The van der Waals surface area contributed by atoms with Crippen LogP contribution < -0.4 is 0 Å². The van der Waals surface area contributed by atoms with Gasteiger partial charge in [0.25, 0.3) is 5.60 Å². The van der Waals surface area contributed by atoms with E-state index in [0.717, 1.165) is 24.7 Å². The number of ether oxygens (including phenoxy) is 3. The molecule has 0 bridgehead atoms. The first-order chi connectivity index (χ1) is 23.2. The molecule has 0 spiro atoms. The summed E-state index contributed by atoms with van der Waals surface area (Å²) in [6.07, 6.45) is 2.36. The summed E-state index contributed by atoms with van der Waals surface area (Å²) in [6, 6.07) is 6.69. The third kappa shape index (κ3) is 8.79. The predicted molar refractivity (Wildman–Crippen MR) is 186 cm³/mol. The van der Waals surface area contributed by atoms with Crippen LogP contribution in [0.3, 0.4) is 0 Å². The van der Waals surface area contributed by atoms with E-state index in [1.54, 1.807) is 53.7 Å². The maximum atomic E-state index is 14.8. The first-order valence-electron chi connectivity index (χ1n) is 17.2. The molecule has 2 aliphatic rings. The number of carbonyl (C=O) groups excluding carboxylic acids is 3. The van der Waals surface area contributed by atoms with Crippen LogP contribution >= 0.6 is 0 Å². The molecule has 2 aliphatic carbocycles. The highest BCUT2D eigenvalue weighted by Gasteiger charge is 2.64. The van der Waals surface area contributed by atoms with Crippen LogP contribution in [0, 0.1) is 22.7 Å². The van der Waals surface area contributed by atoms with E-state index in [1.165, 1.54) is 24.3 Å². The van der Waals surface area contributed by atoms with Gasteiger partial charge in [0.15, 0.2) is 5.76 Å². The Labute approximate surface area is 294 Å². The molecule has 0 heterocycles. The number of hydrogen-bond acceptors (Lipinski definition) is 7. The first-order valence-corrected chi connectivity index (χ1v) is 17.2. The molecule has 1 aromatic rings. The van der Waals surface area contributed by atoms with Crippen LogP contribution in [-0.4, -0.2) is 48.8 Å². The molecule has 0 aliphatic heterocycles. The molecular weight excluding hydrogens is 649 g/mol. The Morgan fingerprint density at radius 2 is 1.60 bits per heavy atom. The second kappa shape index (κ2) is 16.1. The highest BCUT2D eigenvalue weighted by Crippen LogP contribution is 2.51. The van der Waals surface area contributed by atoms with Gasteiger partial charge < -0.3 is 19.3 Å². The van der Waals surface area contributed by atoms with Crippen molar-refractivity contribution in [3.63, 3.8) is 0 Å². The fourth-order valence-electron chi connectivity index (χ4n) is 6.68. The number of aliphatic hydroxyl groups excluding tert-OH is 1. The van der Waals surface area contributed by atoms with Gasteiger partial charge in [0.1, 0.15) is 6.10 Å². The van der Waals surface area contributed by atoms with Crippen LogP contribution in [0.15, 0.2) is 76.6 Å². The third-order valence-corrected chi connectivity index (χ3v) is 10.1. The van der Waals surface area contributed by atoms with E-state index in [-0.39, 0.29) is 25.2 Å². The van der Waals surface area contributed by atoms with Gasteiger partial charge >= 0.3 is 18.1 Å². The van der Waals surface area contributed by atoms with Gasteiger partial charge in [0.2, 0.25) is 5.78 Å². The number of benzene rings is 1. The minimum atomic E-state index is -5.13. The average Bonchev–Trinajstić information content (AvgIpc) is 3.23. The molecule has 0 fully saturated rings. The Balaban J connectivity index is 2.08. The van der Waals surface area contributed by atoms with Crippen molar-refractivity contribution in [3.8, 4) is 0 Å². The highest BCUT2D eigenvalue weighted by molar-refractivity contribution is 6.02. The van der Waals surface area contributed by atoms with E-state index in [1.807, 2.05) is 19.9 Å². The first kappa shape index (κ1) is 40.8. The molecule has 5 atom stereocenters. The maximum absolute atomic E-state index is 14.8. The fourth-order valence-corrected chi connectivity index (χ4v) is 6.68. The zero-order valence-corrected chi connectivity index (χ0v) is 30.8. The molecule has 7 nitrogen and oxygen atoms in total. The summed E-state index contributed by atoms with van der Waals surface area (Å²) < 4.78 is 60.6. The number of esters is 2. The number of carbonyl (C=O) groups is 3. The Kier molecular flexibility index (Phi) is 13.2. The Morgan fingerprint density at radius 1 is 0.980 bits per heavy atom. The lowest BCUT2D eigenvalue weighted by Gasteiger charge is -2.34. The molecule has 3 rings (SSSR count). The van der Waals surface area contributed by atoms with Gasteiger partial charge in [-0.2, -0.15) is 13.2 Å². The molecule has 0 radical (unpaired) electrons. The van der Waals surface area contributed by atoms with Crippen LogP contribution in [0.4, 0.5) is 13.2 Å². The smallest absolute Gasteiger partial charge is 0.432 e. The lowest BCUT2D eigenvalue weighted by Crippen LogP contribution is -2.52. The average molecular weight is 703 g/mol. The molecule has 1 aromatic carbocycles. The summed E-state index contributed by atoms with van der Waals surface area (Å²) >= 11 is 0. The van der Waals surface area contributed by atoms with Crippen molar-refractivity contribution >= 4 is 17.7 Å². The van der Waals surface area contributed by atoms with Gasteiger partial charge in [0, 0.05) is 29.9 Å². The number of allylic oxidation sites excluding steroid dienone is 6. The van der Waals surface area contributed by atoms with E-state index >= 15 is 0 Å². The van der Waals surface area contributed by atoms with Gasteiger partial charge in [-0.25, -0.2) is 4.79 Å². The molecule has 0 unspecified atom stereocenters. The Morgan fingerprint density at radius 3 is 2.18 bits per heavy atom. The molecule has 0 aromatic heterocycles. The molecule has 0 saturated carbocycles. The van der Waals surface area contributed by atoms with Crippen LogP contribution in [0.2, 0.25) is 0 Å². The number of methoxy groups -OCH3 is 1. The monoisotopic (exact) mass is 702 g/mol. The summed E-state index contributed by atoms with van der Waals surface area (Å²) in [5, 5.41) is 11.3. The maximum Gasteiger partial charge on any atom is 0.432 e. The molecule has 50 heavy (non-hydrogen) atoms. The number of Topliss-reactive ketones (excluding diaryl/α,β-unsaturated/α-hetero) is 1. The van der Waals surface area contributed by atoms with Gasteiger partial charge in [-0.1, -0.05) is 73.6 Å². The van der Waals surface area contributed by atoms with Crippen molar-refractivity contribution in [2.45, 2.75) is 112 Å². The Bertz CT molecular complexity index is 1530. The summed E-state index contributed by atoms with van der Waals surface area (Å²) in [5.41, 5.74) is -2.49. The van der Waals surface area contributed by atoms with E-state index in [9.17, 15) is 32.7 Å². The fraction of sp³-hybridized carbons (Fsp3) is 0.575. The Hall–Kier alpha value is -3.66. The third-order valence-electron chi connectivity index (χ3n) is 10.1. The van der Waals surface area contributed by atoms with E-state index < -0.39 is 63.8 Å². The summed E-state index contributed by atoms with van der Waals surface area (Å²) in [5.74, 6) is -3.79. The van der Waals surface area contributed by atoms with Crippen molar-refractivity contribution in [1.82, 2.24) is 0 Å². The molecule has 1 N–H and O–H groups in total. The summed E-state index contributed by atoms with van der Waals surface area (Å²) in [7, 11) is 0.835. The summed E-state index contributed by atoms with van der Waals surface area (Å²) in [6.45, 7) is 14.4. The SMILES string of the molecule is CO[C@@](C(=O)O[C@@H]1CC/C(C)=C/CC/C(C)=C/C[C@]2(C)C(=O)C(O)=C([C@H](C)COC(=O)C(C)(C)C)[C@H]2C/C=C/1C)(c1ccccc1)C(F)(F)F. The van der Waals surface area contributed by atoms with Crippen molar-refractivity contribution in [3.05, 3.63) is 82.2 Å². The quantitative estimate of drug-likeness (QED) is 0.223. The topological polar surface area (TPSA) is 99.1 Å². The second-order valence-corrected chi connectivity index (χ2v) is 15.1. The number of hydrogen-bond donors (Lipinski definition) is 1. The lowest BCUT2D eigenvalue weighted by molar-refractivity contribution is -0.277. The van der Waals surface area contributed by atoms with Gasteiger partial charge in [-0.3, -0.25) is 9.59 Å². The molecule has 0 saturated heterocycles. The van der Waals surface area contributed by atoms with Crippen LogP contribution in [0.25, 0.3) is 0 Å². The lowest BCUT2D eigenvalue weighted by atomic mass is 9.70. The standard InChI is InChI=1S/C40H53F3O7/c1-25-14-13-15-26(2)22-23-38(8)30(32(33(44)34(38)45)28(4)24-49-35(46)37(5,6)7)20-19-27(3)31(21-18-25)50-36(47)39(48-9,40(41,42)43)29-16-11-10-12-17-29/h10-12,14,16-17,19,22,28,30-31,44H,13,15,18,20-21,23-24H2,1-9H3/b25-14+,26-22+,27-19+/t28-,30-,31-,38+,39-/m1/s1. The van der Waals surface area contributed by atoms with Crippen molar-refractivity contribution in [1.29, 1.82) is 0 Å². The zero-order chi connectivity index (χ0) is 37.7. The minimum absolute atomic E-state index is 0.0475. The largest absolute Gasteiger partial charge is 0.504 e. The van der Waals surface area contributed by atoms with Crippen LogP contribution in [0.5, 0.6) is 0 Å². The number of ketones is 1. The van der Waals surface area contributed by atoms with Gasteiger partial charge in [-0.05, 0) is 91.2 Å². The number of halogens is 3. The number of fused-ring (bicyclic) bond motifs is 1. The van der Waals surface area contributed by atoms with Crippen molar-refractivity contribution in [2.75, 3.05) is 13.7 Å². The second-order valence-electron chi connectivity index (χ2n) is 15.1. The zero-order valence-electron chi connectivity index (χ0n) is 30.8. The van der Waals surface area contributed by atoms with Crippen molar-refractivity contribution in [2.24, 2.45) is 22.7 Å². The molecule has 276 valence electrons. The normalized spacial score (nSPS) is 27.9. The van der Waals surface area contributed by atoms with Crippen LogP contribution in [0.1, 0.15) is 99.5 Å². The van der Waals surface area contributed by atoms with E-state index in [2.05, 4.69) is 6.08 Å². The molecule has 0 amide bonds. The van der Waals surface area contributed by atoms with Crippen molar-refractivity contribution < 1.29 is 46.9 Å². The van der Waals surface area contributed by atoms with Gasteiger partial charge in [0.05, 0.1) is 12.0 Å². The van der Waals surface area contributed by atoms with Gasteiger partial charge in [-0.15, -0.1) is 0 Å². The molecular formula is C40H53F3O7. The summed E-state index contributed by atoms with van der Waals surface area (Å²) in [4.78, 5) is 40.1. The number of rotatable bonds is 7. The minimum Gasteiger partial charge on any atom is -0.504 e. The van der Waals surface area contributed by atoms with Crippen LogP contribution in [-0.2, 0) is 34.2 Å².